The van der Waals surface area contributed by atoms with E-state index in [1.165, 1.54) is 6.08 Å². The molecular weight excluding hydrogens is 360 g/mol. The van der Waals surface area contributed by atoms with Crippen molar-refractivity contribution in [3.05, 3.63) is 18.4 Å². The fourth-order valence-corrected chi connectivity index (χ4v) is 1.96. The zero-order valence-corrected chi connectivity index (χ0v) is 14.7. The molecule has 11 heteroatoms. The SMILES string of the molecule is C=C=CC(N)=NCCCCC(NC(=O)NC(CCC(=O)O)C(=O)O)C(=O)O. The number of carboxylic acids is 3. The van der Waals surface area contributed by atoms with E-state index in [0.29, 0.717) is 19.4 Å². The largest absolute Gasteiger partial charge is 0.481 e. The minimum absolute atomic E-state index is 0.0995. The number of amidine groups is 1. The fraction of sp³-hybridized carbons (Fsp3) is 0.500. The van der Waals surface area contributed by atoms with Crippen molar-refractivity contribution >= 4 is 29.8 Å². The number of nitrogens with zero attached hydrogens (tertiary/aromatic N) is 1. The molecule has 0 spiro atoms. The van der Waals surface area contributed by atoms with E-state index >= 15 is 0 Å². The molecule has 0 aliphatic carbocycles. The van der Waals surface area contributed by atoms with Gasteiger partial charge in [0.1, 0.15) is 17.9 Å². The van der Waals surface area contributed by atoms with Gasteiger partial charge < -0.3 is 31.7 Å². The first-order valence-corrected chi connectivity index (χ1v) is 8.07. The zero-order chi connectivity index (χ0) is 20.8. The van der Waals surface area contributed by atoms with Gasteiger partial charge in [-0.2, -0.15) is 0 Å². The first-order chi connectivity index (χ1) is 12.7. The van der Waals surface area contributed by atoms with Crippen LogP contribution in [0.2, 0.25) is 0 Å². The molecule has 150 valence electrons. The molecule has 0 rings (SSSR count). The first-order valence-electron chi connectivity index (χ1n) is 8.07. The molecule has 0 heterocycles. The lowest BCUT2D eigenvalue weighted by atomic mass is 10.1. The summed E-state index contributed by atoms with van der Waals surface area (Å²) in [6, 6.07) is -3.67. The van der Waals surface area contributed by atoms with Gasteiger partial charge in [-0.25, -0.2) is 14.4 Å². The van der Waals surface area contributed by atoms with Crippen molar-refractivity contribution in [2.75, 3.05) is 6.54 Å². The number of carboxylic acid groups (broad SMARTS) is 3. The van der Waals surface area contributed by atoms with Crippen LogP contribution < -0.4 is 16.4 Å². The summed E-state index contributed by atoms with van der Waals surface area (Å²) in [7, 11) is 0. The molecule has 0 aliphatic heterocycles. The number of nitrogens with two attached hydrogens (primary N) is 1. The minimum atomic E-state index is -1.44. The Hall–Kier alpha value is -3.33. The number of urea groups is 1. The molecule has 0 bridgehead atoms. The second-order valence-electron chi connectivity index (χ2n) is 5.48. The van der Waals surface area contributed by atoms with E-state index in [9.17, 15) is 19.2 Å². The normalized spacial score (nSPS) is 13.0. The van der Waals surface area contributed by atoms with E-state index in [0.717, 1.165) is 0 Å². The molecule has 0 saturated heterocycles. The van der Waals surface area contributed by atoms with Gasteiger partial charge in [0, 0.05) is 19.0 Å². The third-order valence-corrected chi connectivity index (χ3v) is 3.30. The van der Waals surface area contributed by atoms with Crippen molar-refractivity contribution in [3.63, 3.8) is 0 Å². The molecule has 0 fully saturated rings. The molecule has 2 amide bonds. The van der Waals surface area contributed by atoms with E-state index in [1.807, 2.05) is 0 Å². The number of hydrogen-bond donors (Lipinski definition) is 6. The molecule has 0 aromatic heterocycles. The average molecular weight is 384 g/mol. The fourth-order valence-electron chi connectivity index (χ4n) is 1.96. The maximum absolute atomic E-state index is 11.8. The number of aliphatic imine (C=N–C) groups is 1. The summed E-state index contributed by atoms with van der Waals surface area (Å²) in [5.41, 5.74) is 7.97. The van der Waals surface area contributed by atoms with Crippen LogP contribution in [0.25, 0.3) is 0 Å². The molecule has 0 radical (unpaired) electrons. The highest BCUT2D eigenvalue weighted by atomic mass is 16.4. The maximum Gasteiger partial charge on any atom is 0.326 e. The van der Waals surface area contributed by atoms with Gasteiger partial charge in [-0.15, -0.1) is 5.73 Å². The number of unbranched alkanes of at least 4 members (excludes halogenated alkanes) is 1. The second-order valence-corrected chi connectivity index (χ2v) is 5.48. The van der Waals surface area contributed by atoms with Gasteiger partial charge in [-0.1, -0.05) is 6.58 Å². The van der Waals surface area contributed by atoms with Crippen molar-refractivity contribution in [1.29, 1.82) is 0 Å². The Morgan fingerprint density at radius 3 is 2.07 bits per heavy atom. The Labute approximate surface area is 155 Å². The third-order valence-electron chi connectivity index (χ3n) is 3.30. The summed E-state index contributed by atoms with van der Waals surface area (Å²) in [5.74, 6) is -3.65. The van der Waals surface area contributed by atoms with Crippen LogP contribution in [0.3, 0.4) is 0 Å². The smallest absolute Gasteiger partial charge is 0.326 e. The number of nitrogens with one attached hydrogen (secondary N) is 2. The Morgan fingerprint density at radius 2 is 1.59 bits per heavy atom. The monoisotopic (exact) mass is 384 g/mol. The number of aliphatic carboxylic acids is 3. The lowest BCUT2D eigenvalue weighted by Crippen LogP contribution is -2.51. The van der Waals surface area contributed by atoms with Crippen LogP contribution in [0, 0.1) is 0 Å². The summed E-state index contributed by atoms with van der Waals surface area (Å²) in [4.78, 5) is 48.6. The number of amides is 2. The number of carbonyl (C=O) groups excluding carboxylic acids is 1. The number of rotatable bonds is 13. The van der Waals surface area contributed by atoms with Crippen LogP contribution in [-0.4, -0.2) is 63.7 Å². The predicted molar refractivity (Wildman–Crippen MR) is 95.4 cm³/mol. The van der Waals surface area contributed by atoms with Crippen molar-refractivity contribution in [2.45, 2.75) is 44.2 Å². The van der Waals surface area contributed by atoms with Crippen molar-refractivity contribution in [1.82, 2.24) is 10.6 Å². The van der Waals surface area contributed by atoms with E-state index in [4.69, 9.17) is 21.1 Å². The molecule has 2 unspecified atom stereocenters. The van der Waals surface area contributed by atoms with Gasteiger partial charge in [-0.05, 0) is 25.7 Å². The Bertz CT molecular complexity index is 626. The molecule has 0 aliphatic rings. The first kappa shape index (κ1) is 23.7. The average Bonchev–Trinajstić information content (AvgIpc) is 2.56. The Kier molecular flexibility index (Phi) is 11.4. The van der Waals surface area contributed by atoms with Crippen molar-refractivity contribution in [2.24, 2.45) is 10.7 Å². The standard InChI is InChI=1S/C16H24N4O7/c1-2-5-12(17)18-9-4-3-6-10(14(23)24)19-16(27)20-11(15(25)26)7-8-13(21)22/h5,10-11H,1,3-4,6-9H2,(H2,17,18)(H,21,22)(H,23,24)(H,25,26)(H2,19,20,27). The van der Waals surface area contributed by atoms with E-state index in [-0.39, 0.29) is 18.7 Å². The quantitative estimate of drug-likeness (QED) is 0.110. The van der Waals surface area contributed by atoms with E-state index in [1.54, 1.807) is 0 Å². The highest BCUT2D eigenvalue weighted by Crippen LogP contribution is 2.03. The summed E-state index contributed by atoms with van der Waals surface area (Å²) in [5, 5.41) is 30.9. The van der Waals surface area contributed by atoms with E-state index < -0.39 is 42.4 Å². The van der Waals surface area contributed by atoms with Crippen LogP contribution >= 0.6 is 0 Å². The molecule has 0 aromatic carbocycles. The minimum Gasteiger partial charge on any atom is -0.481 e. The summed E-state index contributed by atoms with van der Waals surface area (Å²) >= 11 is 0. The van der Waals surface area contributed by atoms with Gasteiger partial charge in [0.2, 0.25) is 0 Å². The number of hydrogen-bond acceptors (Lipinski definition) is 5. The summed E-state index contributed by atoms with van der Waals surface area (Å²) < 4.78 is 0. The molecule has 0 saturated carbocycles. The summed E-state index contributed by atoms with van der Waals surface area (Å²) in [6.45, 7) is 3.71. The Morgan fingerprint density at radius 1 is 1.04 bits per heavy atom. The highest BCUT2D eigenvalue weighted by Gasteiger charge is 2.24. The van der Waals surface area contributed by atoms with Gasteiger partial charge in [0.15, 0.2) is 0 Å². The zero-order valence-electron chi connectivity index (χ0n) is 14.7. The lowest BCUT2D eigenvalue weighted by molar-refractivity contribution is -0.140. The maximum atomic E-state index is 11.8. The van der Waals surface area contributed by atoms with Crippen LogP contribution in [0.1, 0.15) is 32.1 Å². The van der Waals surface area contributed by atoms with Gasteiger partial charge in [0.25, 0.3) is 0 Å². The molecule has 11 nitrogen and oxygen atoms in total. The van der Waals surface area contributed by atoms with E-state index in [2.05, 4.69) is 27.9 Å². The molecule has 2 atom stereocenters. The van der Waals surface area contributed by atoms with Crippen LogP contribution in [-0.2, 0) is 14.4 Å². The third kappa shape index (κ3) is 11.8. The van der Waals surface area contributed by atoms with Crippen LogP contribution in [0.4, 0.5) is 4.79 Å². The topological polar surface area (TPSA) is 191 Å². The van der Waals surface area contributed by atoms with Gasteiger partial charge in [-0.3, -0.25) is 9.79 Å². The van der Waals surface area contributed by atoms with Crippen LogP contribution in [0.15, 0.2) is 23.4 Å². The summed E-state index contributed by atoms with van der Waals surface area (Å²) in [6.07, 6.45) is 1.67. The highest BCUT2D eigenvalue weighted by molar-refractivity contribution is 5.91. The molecule has 7 N–H and O–H groups in total. The molecule has 27 heavy (non-hydrogen) atoms. The van der Waals surface area contributed by atoms with Crippen LogP contribution in [0.5, 0.6) is 0 Å². The Balaban J connectivity index is 4.49. The van der Waals surface area contributed by atoms with Gasteiger partial charge in [0.05, 0.1) is 0 Å². The lowest BCUT2D eigenvalue weighted by Gasteiger charge is -2.18. The predicted octanol–water partition coefficient (Wildman–Crippen LogP) is -0.0746. The van der Waals surface area contributed by atoms with Gasteiger partial charge >= 0.3 is 23.9 Å². The number of carbonyl (C=O) groups is 4. The second kappa shape index (κ2) is 13.0. The van der Waals surface area contributed by atoms with Crippen molar-refractivity contribution in [3.8, 4) is 0 Å². The van der Waals surface area contributed by atoms with Crippen molar-refractivity contribution < 1.29 is 34.5 Å². The molecule has 0 aromatic rings. The molecular formula is C16H24N4O7.